The summed E-state index contributed by atoms with van der Waals surface area (Å²) in [7, 11) is 0. The van der Waals surface area contributed by atoms with Gasteiger partial charge >= 0.3 is 0 Å². The molecule has 1 aromatic rings. The van der Waals surface area contributed by atoms with Gasteiger partial charge in [0.05, 0.1) is 13.0 Å². The molecule has 1 atom stereocenters. The third kappa shape index (κ3) is 2.92. The Labute approximate surface area is 88.8 Å². The molecule has 3 heteroatoms. The molecule has 1 aromatic carbocycles. The number of rotatable bonds is 4. The zero-order valence-corrected chi connectivity index (χ0v) is 8.35. The Morgan fingerprint density at radius 2 is 2.13 bits per heavy atom. The van der Waals surface area contributed by atoms with Crippen molar-refractivity contribution in [3.05, 3.63) is 42.0 Å². The summed E-state index contributed by atoms with van der Waals surface area (Å²) in [5.41, 5.74) is 1.15. The van der Waals surface area contributed by atoms with Crippen LogP contribution in [0.25, 0.3) is 6.08 Å². The third-order valence-corrected chi connectivity index (χ3v) is 2.20. The normalized spacial score (nSPS) is 20.0. The zero-order chi connectivity index (χ0) is 10.5. The van der Waals surface area contributed by atoms with Crippen molar-refractivity contribution in [2.45, 2.75) is 12.6 Å². The number of hydrogen-bond donors (Lipinski definition) is 1. The molecular formula is C12H13NO2. The molecule has 2 rings (SSSR count). The third-order valence-electron chi connectivity index (χ3n) is 2.20. The van der Waals surface area contributed by atoms with Gasteiger partial charge in [0.2, 0.25) is 5.91 Å². The second-order valence-corrected chi connectivity index (χ2v) is 3.41. The fourth-order valence-corrected chi connectivity index (χ4v) is 1.35. The highest BCUT2D eigenvalue weighted by atomic mass is 16.5. The van der Waals surface area contributed by atoms with Crippen LogP contribution >= 0.6 is 0 Å². The summed E-state index contributed by atoms with van der Waals surface area (Å²) >= 11 is 0. The summed E-state index contributed by atoms with van der Waals surface area (Å²) in [5.74, 6) is 0.0621. The van der Waals surface area contributed by atoms with Crippen LogP contribution in [0, 0.1) is 0 Å². The van der Waals surface area contributed by atoms with Crippen molar-refractivity contribution in [1.82, 2.24) is 5.32 Å². The minimum absolute atomic E-state index is 0.0621. The minimum atomic E-state index is -0.0853. The van der Waals surface area contributed by atoms with E-state index >= 15 is 0 Å². The fraction of sp³-hybridized carbons (Fsp3) is 0.250. The maximum atomic E-state index is 10.6. The maximum absolute atomic E-state index is 10.6. The molecule has 1 N–H and O–H groups in total. The summed E-state index contributed by atoms with van der Waals surface area (Å²) in [4.78, 5) is 10.6. The molecule has 1 aliphatic heterocycles. The van der Waals surface area contributed by atoms with Gasteiger partial charge in [-0.2, -0.15) is 0 Å². The van der Waals surface area contributed by atoms with E-state index in [4.69, 9.17) is 4.74 Å². The Bertz CT molecular complexity index is 351. The van der Waals surface area contributed by atoms with E-state index < -0.39 is 0 Å². The van der Waals surface area contributed by atoms with Gasteiger partial charge in [0.15, 0.2) is 0 Å². The molecule has 0 spiro atoms. The molecule has 1 heterocycles. The monoisotopic (exact) mass is 203 g/mol. The molecule has 0 radical (unpaired) electrons. The van der Waals surface area contributed by atoms with E-state index in [1.807, 2.05) is 42.5 Å². The molecule has 1 saturated heterocycles. The second kappa shape index (κ2) is 4.75. The van der Waals surface area contributed by atoms with E-state index in [2.05, 4.69) is 5.32 Å². The van der Waals surface area contributed by atoms with Crippen molar-refractivity contribution in [2.75, 3.05) is 6.61 Å². The zero-order valence-electron chi connectivity index (χ0n) is 8.35. The fourth-order valence-electron chi connectivity index (χ4n) is 1.35. The molecule has 1 amide bonds. The van der Waals surface area contributed by atoms with Crippen molar-refractivity contribution in [2.24, 2.45) is 0 Å². The van der Waals surface area contributed by atoms with Crippen LogP contribution in [-0.4, -0.2) is 18.7 Å². The van der Waals surface area contributed by atoms with Gasteiger partial charge in [-0.25, -0.2) is 0 Å². The van der Waals surface area contributed by atoms with Crippen molar-refractivity contribution >= 4 is 12.0 Å². The smallest absolute Gasteiger partial charge is 0.226 e. The Hall–Kier alpha value is -1.61. The number of β-lactam (4-membered cyclic amide) rings is 1. The lowest BCUT2D eigenvalue weighted by atomic mass is 10.2. The predicted octanol–water partition coefficient (Wildman–Crippen LogP) is 1.56. The van der Waals surface area contributed by atoms with Crippen LogP contribution in [0.5, 0.6) is 0 Å². The summed E-state index contributed by atoms with van der Waals surface area (Å²) in [6, 6.07) is 10.0. The molecule has 0 bridgehead atoms. The first-order valence-corrected chi connectivity index (χ1v) is 4.97. The molecule has 1 unspecified atom stereocenters. The van der Waals surface area contributed by atoms with Crippen molar-refractivity contribution < 1.29 is 9.53 Å². The lowest BCUT2D eigenvalue weighted by Gasteiger charge is -2.26. The standard InChI is InChI=1S/C12H13NO2/c14-11-9-12(13-11)15-8-4-7-10-5-2-1-3-6-10/h1-7,12H,8-9H2,(H,13,14)/b7-4+. The Balaban J connectivity index is 1.69. The van der Waals surface area contributed by atoms with Crippen molar-refractivity contribution in [3.63, 3.8) is 0 Å². The molecule has 78 valence electrons. The number of ether oxygens (including phenoxy) is 1. The number of hydrogen-bond acceptors (Lipinski definition) is 2. The summed E-state index contributed by atoms with van der Waals surface area (Å²) in [6.45, 7) is 0.528. The summed E-state index contributed by atoms with van der Waals surface area (Å²) in [6.07, 6.45) is 4.34. The van der Waals surface area contributed by atoms with Gasteiger partial charge in [-0.3, -0.25) is 4.79 Å². The van der Waals surface area contributed by atoms with E-state index in [1.54, 1.807) is 0 Å². The summed E-state index contributed by atoms with van der Waals surface area (Å²) in [5, 5.41) is 2.65. The highest BCUT2D eigenvalue weighted by Gasteiger charge is 2.24. The average Bonchev–Trinajstić information content (AvgIpc) is 2.23. The Morgan fingerprint density at radius 3 is 2.80 bits per heavy atom. The first-order valence-electron chi connectivity index (χ1n) is 4.97. The van der Waals surface area contributed by atoms with Gasteiger partial charge in [-0.1, -0.05) is 42.5 Å². The SMILES string of the molecule is O=C1CC(OC/C=C/c2ccccc2)N1. The Kier molecular flexibility index (Phi) is 3.15. The minimum Gasteiger partial charge on any atom is -0.354 e. The maximum Gasteiger partial charge on any atom is 0.226 e. The first-order chi connectivity index (χ1) is 7.34. The average molecular weight is 203 g/mol. The van der Waals surface area contributed by atoms with Crippen LogP contribution in [0.1, 0.15) is 12.0 Å². The molecule has 1 aliphatic rings. The van der Waals surface area contributed by atoms with Gasteiger partial charge < -0.3 is 10.1 Å². The van der Waals surface area contributed by atoms with Gasteiger partial charge in [0, 0.05) is 0 Å². The summed E-state index contributed by atoms with van der Waals surface area (Å²) < 4.78 is 5.35. The number of carbonyl (C=O) groups excluding carboxylic acids is 1. The van der Waals surface area contributed by atoms with Gasteiger partial charge in [-0.15, -0.1) is 0 Å². The number of carbonyl (C=O) groups is 1. The number of amides is 1. The lowest BCUT2D eigenvalue weighted by Crippen LogP contribution is -2.50. The highest BCUT2D eigenvalue weighted by Crippen LogP contribution is 2.06. The van der Waals surface area contributed by atoms with Crippen LogP contribution in [0.3, 0.4) is 0 Å². The number of benzene rings is 1. The van der Waals surface area contributed by atoms with Crippen LogP contribution in [0.2, 0.25) is 0 Å². The van der Waals surface area contributed by atoms with Gasteiger partial charge in [-0.05, 0) is 5.56 Å². The first kappa shape index (κ1) is 9.93. The van der Waals surface area contributed by atoms with Crippen LogP contribution in [0.4, 0.5) is 0 Å². The van der Waals surface area contributed by atoms with E-state index in [-0.39, 0.29) is 12.1 Å². The largest absolute Gasteiger partial charge is 0.354 e. The van der Waals surface area contributed by atoms with E-state index in [9.17, 15) is 4.79 Å². The Morgan fingerprint density at radius 1 is 1.40 bits per heavy atom. The van der Waals surface area contributed by atoms with E-state index in [0.717, 1.165) is 5.56 Å². The molecule has 15 heavy (non-hydrogen) atoms. The molecule has 0 aliphatic carbocycles. The van der Waals surface area contributed by atoms with Crippen LogP contribution in [-0.2, 0) is 9.53 Å². The molecular weight excluding hydrogens is 190 g/mol. The van der Waals surface area contributed by atoms with Crippen LogP contribution < -0.4 is 5.32 Å². The van der Waals surface area contributed by atoms with Crippen molar-refractivity contribution in [3.8, 4) is 0 Å². The predicted molar refractivity (Wildman–Crippen MR) is 58.0 cm³/mol. The second-order valence-electron chi connectivity index (χ2n) is 3.41. The lowest BCUT2D eigenvalue weighted by molar-refractivity contribution is -0.139. The molecule has 3 nitrogen and oxygen atoms in total. The van der Waals surface area contributed by atoms with Crippen molar-refractivity contribution in [1.29, 1.82) is 0 Å². The van der Waals surface area contributed by atoms with Crippen LogP contribution in [0.15, 0.2) is 36.4 Å². The van der Waals surface area contributed by atoms with Gasteiger partial charge in [0.25, 0.3) is 0 Å². The molecule has 0 aromatic heterocycles. The molecule has 0 saturated carbocycles. The molecule has 1 fully saturated rings. The van der Waals surface area contributed by atoms with E-state index in [0.29, 0.717) is 13.0 Å². The van der Waals surface area contributed by atoms with Gasteiger partial charge in [0.1, 0.15) is 6.23 Å². The topological polar surface area (TPSA) is 38.3 Å². The number of nitrogens with one attached hydrogen (secondary N) is 1. The quantitative estimate of drug-likeness (QED) is 0.754. The van der Waals surface area contributed by atoms with E-state index in [1.165, 1.54) is 0 Å². The highest BCUT2D eigenvalue weighted by molar-refractivity contribution is 5.82.